The quantitative estimate of drug-likeness (QED) is 0.326. The molecule has 0 aliphatic heterocycles. The van der Waals surface area contributed by atoms with Gasteiger partial charge in [-0.25, -0.2) is 4.98 Å². The van der Waals surface area contributed by atoms with Crippen molar-refractivity contribution in [2.24, 2.45) is 0 Å². The zero-order chi connectivity index (χ0) is 26.5. The fourth-order valence-corrected chi connectivity index (χ4v) is 4.18. The number of para-hydroxylation sites is 3. The number of carbonyl (C=O) groups excluding carboxylic acids is 3. The third kappa shape index (κ3) is 5.33. The van der Waals surface area contributed by atoms with Crippen LogP contribution in [0.15, 0.2) is 77.6 Å². The molecule has 0 saturated carbocycles. The highest BCUT2D eigenvalue weighted by atomic mass is 16.2. The van der Waals surface area contributed by atoms with E-state index < -0.39 is 11.6 Å². The lowest BCUT2D eigenvalue weighted by Gasteiger charge is -2.21. The molecule has 0 radical (unpaired) electrons. The van der Waals surface area contributed by atoms with Crippen LogP contribution in [0.5, 0.6) is 0 Å². The number of fused-ring (bicyclic) bond motifs is 1. The van der Waals surface area contributed by atoms with Crippen LogP contribution in [-0.2, 0) is 9.59 Å². The van der Waals surface area contributed by atoms with Crippen molar-refractivity contribution in [2.45, 2.75) is 39.7 Å². The summed E-state index contributed by atoms with van der Waals surface area (Å²) < 4.78 is 1.47. The number of anilines is 2. The summed E-state index contributed by atoms with van der Waals surface area (Å²) in [5.74, 6) is -0.618. The molecule has 0 aliphatic carbocycles. The summed E-state index contributed by atoms with van der Waals surface area (Å²) >= 11 is 0. The van der Waals surface area contributed by atoms with E-state index in [4.69, 9.17) is 0 Å². The van der Waals surface area contributed by atoms with E-state index in [9.17, 15) is 19.2 Å². The smallest absolute Gasteiger partial charge is 0.278 e. The summed E-state index contributed by atoms with van der Waals surface area (Å²) in [5, 5.41) is 5.70. The molecule has 8 nitrogen and oxygen atoms in total. The van der Waals surface area contributed by atoms with E-state index in [1.54, 1.807) is 73.7 Å². The van der Waals surface area contributed by atoms with E-state index in [2.05, 4.69) is 15.6 Å². The Morgan fingerprint density at radius 1 is 0.892 bits per heavy atom. The Morgan fingerprint density at radius 2 is 1.57 bits per heavy atom. The molecule has 0 bridgehead atoms. The number of carbonyl (C=O) groups is 3. The van der Waals surface area contributed by atoms with Crippen LogP contribution in [0.4, 0.5) is 11.4 Å². The molecule has 4 aromatic rings. The minimum Gasteiger partial charge on any atom is -0.325 e. The SMILES string of the molecule is CCC(=O)Nc1ccccc1-c1nc2ccccc2n([C@H](CC)C(=O)Nc2ccc(C(C)=O)cc2)c1=O. The predicted molar refractivity (Wildman–Crippen MR) is 145 cm³/mol. The zero-order valence-corrected chi connectivity index (χ0v) is 20.9. The van der Waals surface area contributed by atoms with E-state index in [0.29, 0.717) is 40.0 Å². The summed E-state index contributed by atoms with van der Waals surface area (Å²) in [6.07, 6.45) is 0.633. The number of Topliss-reactive ketones (excluding diaryl/α,β-unsaturated/α-hetero) is 1. The molecule has 37 heavy (non-hydrogen) atoms. The third-order valence-corrected chi connectivity index (χ3v) is 6.13. The van der Waals surface area contributed by atoms with Gasteiger partial charge < -0.3 is 10.6 Å². The Balaban J connectivity index is 1.82. The molecule has 0 saturated heterocycles. The van der Waals surface area contributed by atoms with Gasteiger partial charge in [-0.2, -0.15) is 0 Å². The van der Waals surface area contributed by atoms with Crippen LogP contribution in [0.2, 0.25) is 0 Å². The molecule has 1 atom stereocenters. The number of aromatic nitrogens is 2. The summed E-state index contributed by atoms with van der Waals surface area (Å²) in [7, 11) is 0. The lowest BCUT2D eigenvalue weighted by Crippen LogP contribution is -2.34. The number of nitrogens with zero attached hydrogens (tertiary/aromatic N) is 2. The van der Waals surface area contributed by atoms with Crippen molar-refractivity contribution in [1.82, 2.24) is 9.55 Å². The number of hydrogen-bond donors (Lipinski definition) is 2. The predicted octanol–water partition coefficient (Wildman–Crippen LogP) is 5.20. The van der Waals surface area contributed by atoms with Crippen LogP contribution < -0.4 is 16.2 Å². The van der Waals surface area contributed by atoms with Crippen molar-refractivity contribution in [2.75, 3.05) is 10.6 Å². The number of hydrogen-bond acceptors (Lipinski definition) is 5. The summed E-state index contributed by atoms with van der Waals surface area (Å²) in [4.78, 5) is 55.7. The fraction of sp³-hybridized carbons (Fsp3) is 0.207. The normalized spacial score (nSPS) is 11.6. The maximum atomic E-state index is 13.9. The van der Waals surface area contributed by atoms with Gasteiger partial charge in [0, 0.05) is 23.2 Å². The Morgan fingerprint density at radius 3 is 2.24 bits per heavy atom. The Hall–Kier alpha value is -4.59. The first-order valence-corrected chi connectivity index (χ1v) is 12.2. The second-order valence-electron chi connectivity index (χ2n) is 8.62. The van der Waals surface area contributed by atoms with Gasteiger partial charge in [0.05, 0.1) is 16.7 Å². The highest BCUT2D eigenvalue weighted by Crippen LogP contribution is 2.28. The highest BCUT2D eigenvalue weighted by Gasteiger charge is 2.25. The van der Waals surface area contributed by atoms with E-state index >= 15 is 0 Å². The molecular formula is C29H28N4O4. The molecule has 0 fully saturated rings. The monoisotopic (exact) mass is 496 g/mol. The number of benzene rings is 3. The molecule has 0 spiro atoms. The molecule has 188 valence electrons. The average molecular weight is 497 g/mol. The Kier molecular flexibility index (Phi) is 7.57. The Bertz CT molecular complexity index is 1540. The van der Waals surface area contributed by atoms with Crippen LogP contribution in [-0.4, -0.2) is 27.1 Å². The molecule has 0 aliphatic rings. The highest BCUT2D eigenvalue weighted by molar-refractivity contribution is 5.98. The number of amides is 2. The largest absolute Gasteiger partial charge is 0.325 e. The first kappa shape index (κ1) is 25.5. The minimum atomic E-state index is -0.830. The summed E-state index contributed by atoms with van der Waals surface area (Å²) in [6, 6.07) is 19.9. The average Bonchev–Trinajstić information content (AvgIpc) is 2.90. The van der Waals surface area contributed by atoms with Gasteiger partial charge >= 0.3 is 0 Å². The van der Waals surface area contributed by atoms with Crippen LogP contribution >= 0.6 is 0 Å². The summed E-state index contributed by atoms with van der Waals surface area (Å²) in [5.41, 5.74) is 2.79. The first-order valence-electron chi connectivity index (χ1n) is 12.2. The molecule has 3 aromatic carbocycles. The summed E-state index contributed by atoms with van der Waals surface area (Å²) in [6.45, 7) is 5.06. The van der Waals surface area contributed by atoms with Crippen molar-refractivity contribution in [3.8, 4) is 11.3 Å². The molecule has 1 heterocycles. The number of rotatable bonds is 8. The van der Waals surface area contributed by atoms with Crippen LogP contribution in [0.25, 0.3) is 22.3 Å². The van der Waals surface area contributed by atoms with Crippen LogP contribution in [0.1, 0.15) is 50.0 Å². The second kappa shape index (κ2) is 11.0. The minimum absolute atomic E-state index is 0.0675. The van der Waals surface area contributed by atoms with E-state index in [1.807, 2.05) is 13.0 Å². The number of nitrogens with one attached hydrogen (secondary N) is 2. The lowest BCUT2D eigenvalue weighted by atomic mass is 10.1. The van der Waals surface area contributed by atoms with Gasteiger partial charge in [-0.05, 0) is 55.8 Å². The van der Waals surface area contributed by atoms with Crippen molar-refractivity contribution < 1.29 is 14.4 Å². The third-order valence-electron chi connectivity index (χ3n) is 6.13. The van der Waals surface area contributed by atoms with E-state index in [0.717, 1.165) is 0 Å². The van der Waals surface area contributed by atoms with Gasteiger partial charge in [0.15, 0.2) is 5.78 Å². The maximum absolute atomic E-state index is 13.9. The van der Waals surface area contributed by atoms with Gasteiger partial charge in [-0.1, -0.05) is 44.2 Å². The van der Waals surface area contributed by atoms with Gasteiger partial charge in [0.1, 0.15) is 11.7 Å². The first-order chi connectivity index (χ1) is 17.8. The van der Waals surface area contributed by atoms with E-state index in [-0.39, 0.29) is 29.7 Å². The van der Waals surface area contributed by atoms with Crippen molar-refractivity contribution in [3.05, 3.63) is 88.7 Å². The van der Waals surface area contributed by atoms with Crippen molar-refractivity contribution >= 4 is 40.0 Å². The molecule has 2 amide bonds. The second-order valence-corrected chi connectivity index (χ2v) is 8.62. The molecule has 2 N–H and O–H groups in total. The molecular weight excluding hydrogens is 468 g/mol. The topological polar surface area (TPSA) is 110 Å². The van der Waals surface area contributed by atoms with Crippen molar-refractivity contribution in [3.63, 3.8) is 0 Å². The van der Waals surface area contributed by atoms with Gasteiger partial charge in [0.2, 0.25) is 11.8 Å². The Labute approximate surface area is 214 Å². The number of ketones is 1. The lowest BCUT2D eigenvalue weighted by molar-refractivity contribution is -0.119. The van der Waals surface area contributed by atoms with Gasteiger partial charge in [-0.3, -0.25) is 23.7 Å². The van der Waals surface area contributed by atoms with Crippen molar-refractivity contribution in [1.29, 1.82) is 0 Å². The zero-order valence-electron chi connectivity index (χ0n) is 20.9. The van der Waals surface area contributed by atoms with Gasteiger partial charge in [-0.15, -0.1) is 0 Å². The van der Waals surface area contributed by atoms with E-state index in [1.165, 1.54) is 11.5 Å². The standard InChI is InChI=1S/C29H28N4O4/c1-4-24(28(36)30-20-16-14-19(15-17-20)18(3)34)33-25-13-9-8-12-23(25)32-27(29(33)37)21-10-6-7-11-22(21)31-26(35)5-2/h6-17,24H,4-5H2,1-3H3,(H,30,36)(H,31,35)/t24-/m1/s1. The van der Waals surface area contributed by atoms with Crippen LogP contribution in [0.3, 0.4) is 0 Å². The fourth-order valence-electron chi connectivity index (χ4n) is 4.18. The molecule has 8 heteroatoms. The van der Waals surface area contributed by atoms with Gasteiger partial charge in [0.25, 0.3) is 5.56 Å². The molecule has 4 rings (SSSR count). The molecule has 1 aromatic heterocycles. The maximum Gasteiger partial charge on any atom is 0.278 e. The molecule has 0 unspecified atom stereocenters. The van der Waals surface area contributed by atoms with Crippen LogP contribution in [0, 0.1) is 0 Å².